The molecule has 0 radical (unpaired) electrons. The Bertz CT molecular complexity index is 602. The number of amides is 1. The molecule has 0 aromatic carbocycles. The predicted molar refractivity (Wildman–Crippen MR) is 72.0 cm³/mol. The zero-order valence-electron chi connectivity index (χ0n) is 9.93. The van der Waals surface area contributed by atoms with Gasteiger partial charge in [0.05, 0.1) is 21.8 Å². The second kappa shape index (κ2) is 5.94. The molecular weight excluding hydrogens is 291 g/mol. The van der Waals surface area contributed by atoms with Gasteiger partial charge in [-0.15, -0.1) is 11.3 Å². The van der Waals surface area contributed by atoms with E-state index in [1.54, 1.807) is 19.2 Å². The third-order valence-corrected chi connectivity index (χ3v) is 3.35. The summed E-state index contributed by atoms with van der Waals surface area (Å²) in [5.74, 6) is -0.340. The summed E-state index contributed by atoms with van der Waals surface area (Å²) in [4.78, 5) is 12.2. The Kier molecular flexibility index (Phi) is 4.28. The van der Waals surface area contributed by atoms with Crippen LogP contribution in [0.3, 0.4) is 0 Å². The van der Waals surface area contributed by atoms with E-state index >= 15 is 0 Å². The van der Waals surface area contributed by atoms with Gasteiger partial charge in [-0.1, -0.05) is 11.6 Å². The van der Waals surface area contributed by atoms with E-state index < -0.39 is 0 Å². The first-order valence-corrected chi connectivity index (χ1v) is 6.51. The monoisotopic (exact) mass is 300 g/mol. The third-order valence-electron chi connectivity index (χ3n) is 2.17. The quantitative estimate of drug-likeness (QED) is 0.695. The fourth-order valence-corrected chi connectivity index (χ4v) is 2.08. The lowest BCUT2D eigenvalue weighted by Crippen LogP contribution is -2.23. The molecule has 0 aliphatic rings. The number of nitrogens with zero attached hydrogens (tertiary/aromatic N) is 3. The number of rotatable bonds is 4. The molecule has 2 heterocycles. The molecule has 1 amide bonds. The van der Waals surface area contributed by atoms with Gasteiger partial charge in [0.2, 0.25) is 0 Å². The first kappa shape index (κ1) is 13.7. The topological polar surface area (TPSA) is 59.3 Å². The molecule has 0 saturated heterocycles. The van der Waals surface area contributed by atoms with E-state index in [1.165, 1.54) is 17.0 Å². The molecule has 1 N–H and O–H groups in total. The minimum absolute atomic E-state index is 0.0176. The first-order chi connectivity index (χ1) is 9.04. The number of thiophene rings is 1. The van der Waals surface area contributed by atoms with E-state index in [1.807, 2.05) is 0 Å². The molecule has 0 unspecified atom stereocenters. The van der Waals surface area contributed by atoms with Crippen molar-refractivity contribution in [1.82, 2.24) is 15.2 Å². The van der Waals surface area contributed by atoms with Crippen molar-refractivity contribution in [2.24, 2.45) is 5.10 Å². The number of hydrogen-bond donors (Lipinski definition) is 1. The second-order valence-electron chi connectivity index (χ2n) is 3.70. The molecule has 100 valence electrons. The molecule has 0 fully saturated rings. The van der Waals surface area contributed by atoms with Crippen LogP contribution in [-0.2, 0) is 11.3 Å². The SMILES string of the molecule is Cc1nn(CC(=O)N/N=C\c2ccc(F)s2)cc1Cl. The summed E-state index contributed by atoms with van der Waals surface area (Å²) < 4.78 is 14.1. The number of carbonyl (C=O) groups is 1. The van der Waals surface area contributed by atoms with Crippen molar-refractivity contribution >= 4 is 35.1 Å². The zero-order chi connectivity index (χ0) is 13.8. The van der Waals surface area contributed by atoms with Crippen LogP contribution in [0.1, 0.15) is 10.6 Å². The number of aromatic nitrogens is 2. The summed E-state index contributed by atoms with van der Waals surface area (Å²) in [6.45, 7) is 1.77. The minimum Gasteiger partial charge on any atom is -0.271 e. The standard InChI is InChI=1S/C11H10ClFN4OS/c1-7-9(12)5-17(16-7)6-11(18)15-14-4-8-2-3-10(13)19-8/h2-5H,6H2,1H3,(H,15,18)/b14-4-. The molecule has 8 heteroatoms. The fraction of sp³-hybridized carbons (Fsp3) is 0.182. The summed E-state index contributed by atoms with van der Waals surface area (Å²) >= 11 is 6.77. The van der Waals surface area contributed by atoms with Crippen molar-refractivity contribution < 1.29 is 9.18 Å². The molecule has 19 heavy (non-hydrogen) atoms. The Balaban J connectivity index is 1.86. The van der Waals surface area contributed by atoms with E-state index in [4.69, 9.17) is 11.6 Å². The molecule has 5 nitrogen and oxygen atoms in total. The van der Waals surface area contributed by atoms with Crippen LogP contribution in [0.2, 0.25) is 5.02 Å². The largest absolute Gasteiger partial charge is 0.271 e. The normalized spacial score (nSPS) is 11.1. The Labute approximate surface area is 117 Å². The maximum atomic E-state index is 12.7. The van der Waals surface area contributed by atoms with E-state index in [2.05, 4.69) is 15.6 Å². The van der Waals surface area contributed by atoms with Crippen molar-refractivity contribution in [3.8, 4) is 0 Å². The van der Waals surface area contributed by atoms with Crippen LogP contribution < -0.4 is 5.43 Å². The van der Waals surface area contributed by atoms with Crippen LogP contribution in [-0.4, -0.2) is 21.9 Å². The van der Waals surface area contributed by atoms with Crippen molar-refractivity contribution in [3.63, 3.8) is 0 Å². The van der Waals surface area contributed by atoms with Crippen molar-refractivity contribution in [1.29, 1.82) is 0 Å². The summed E-state index contributed by atoms with van der Waals surface area (Å²) in [5.41, 5.74) is 2.99. The Morgan fingerprint density at radius 3 is 3.05 bits per heavy atom. The van der Waals surface area contributed by atoms with Gasteiger partial charge in [0.1, 0.15) is 6.54 Å². The highest BCUT2D eigenvalue weighted by Gasteiger charge is 2.05. The van der Waals surface area contributed by atoms with Gasteiger partial charge in [-0.05, 0) is 19.1 Å². The molecule has 0 atom stereocenters. The summed E-state index contributed by atoms with van der Waals surface area (Å²) in [6.07, 6.45) is 2.95. The van der Waals surface area contributed by atoms with E-state index in [0.717, 1.165) is 11.3 Å². The van der Waals surface area contributed by atoms with Crippen LogP contribution in [0.15, 0.2) is 23.4 Å². The van der Waals surface area contributed by atoms with Crippen LogP contribution >= 0.6 is 22.9 Å². The minimum atomic E-state index is -0.340. The summed E-state index contributed by atoms with van der Waals surface area (Å²) in [5, 5.41) is 7.98. The molecule has 0 spiro atoms. The van der Waals surface area contributed by atoms with Crippen LogP contribution in [0.5, 0.6) is 0 Å². The average molecular weight is 301 g/mol. The van der Waals surface area contributed by atoms with Gasteiger partial charge in [-0.2, -0.15) is 14.6 Å². The average Bonchev–Trinajstić information content (AvgIpc) is 2.86. The number of hydrogen-bond acceptors (Lipinski definition) is 4. The number of halogens is 2. The number of carbonyl (C=O) groups excluding carboxylic acids is 1. The lowest BCUT2D eigenvalue weighted by molar-refractivity contribution is -0.121. The molecule has 2 aromatic heterocycles. The highest BCUT2D eigenvalue weighted by molar-refractivity contribution is 7.12. The predicted octanol–water partition coefficient (Wildman–Crippen LogP) is 2.20. The van der Waals surface area contributed by atoms with Gasteiger partial charge in [-0.25, -0.2) is 5.43 Å². The van der Waals surface area contributed by atoms with Gasteiger partial charge in [-0.3, -0.25) is 9.48 Å². The van der Waals surface area contributed by atoms with E-state index in [-0.39, 0.29) is 17.6 Å². The third kappa shape index (κ3) is 3.87. The smallest absolute Gasteiger partial charge is 0.261 e. The lowest BCUT2D eigenvalue weighted by Gasteiger charge is -1.99. The molecule has 0 aliphatic carbocycles. The van der Waals surface area contributed by atoms with Crippen molar-refractivity contribution in [3.05, 3.63) is 39.1 Å². The van der Waals surface area contributed by atoms with Gasteiger partial charge < -0.3 is 0 Å². The Hall–Kier alpha value is -1.73. The maximum absolute atomic E-state index is 12.7. The second-order valence-corrected chi connectivity index (χ2v) is 5.17. The summed E-state index contributed by atoms with van der Waals surface area (Å²) in [6, 6.07) is 2.91. The number of hydrazone groups is 1. The molecular formula is C11H10ClFN4OS. The van der Waals surface area contributed by atoms with Crippen molar-refractivity contribution in [2.75, 3.05) is 0 Å². The Morgan fingerprint density at radius 2 is 2.47 bits per heavy atom. The molecule has 0 saturated carbocycles. The van der Waals surface area contributed by atoms with Crippen LogP contribution in [0.25, 0.3) is 0 Å². The van der Waals surface area contributed by atoms with Crippen molar-refractivity contribution in [2.45, 2.75) is 13.5 Å². The first-order valence-electron chi connectivity index (χ1n) is 5.31. The van der Waals surface area contributed by atoms with Gasteiger partial charge in [0, 0.05) is 6.20 Å². The van der Waals surface area contributed by atoms with Gasteiger partial charge >= 0.3 is 0 Å². The lowest BCUT2D eigenvalue weighted by atomic mass is 10.5. The summed E-state index contributed by atoms with van der Waals surface area (Å²) in [7, 11) is 0. The number of aryl methyl sites for hydroxylation is 1. The fourth-order valence-electron chi connectivity index (χ4n) is 1.32. The van der Waals surface area contributed by atoms with Crippen LogP contribution in [0.4, 0.5) is 4.39 Å². The zero-order valence-corrected chi connectivity index (χ0v) is 11.5. The molecule has 0 aliphatic heterocycles. The number of nitrogens with one attached hydrogen (secondary N) is 1. The Morgan fingerprint density at radius 1 is 1.68 bits per heavy atom. The van der Waals surface area contributed by atoms with Gasteiger partial charge in [0.25, 0.3) is 5.91 Å². The molecule has 2 rings (SSSR count). The van der Waals surface area contributed by atoms with Crippen LogP contribution in [0, 0.1) is 12.1 Å². The van der Waals surface area contributed by atoms with E-state index in [0.29, 0.717) is 15.6 Å². The molecule has 2 aromatic rings. The maximum Gasteiger partial charge on any atom is 0.261 e. The highest BCUT2D eigenvalue weighted by Crippen LogP contribution is 2.12. The van der Waals surface area contributed by atoms with Gasteiger partial charge in [0.15, 0.2) is 5.13 Å². The molecule has 0 bridgehead atoms. The van der Waals surface area contributed by atoms with E-state index in [9.17, 15) is 9.18 Å². The highest BCUT2D eigenvalue weighted by atomic mass is 35.5.